The molecule has 31 heavy (non-hydrogen) atoms. The van der Waals surface area contributed by atoms with Gasteiger partial charge in [0, 0.05) is 11.1 Å². The van der Waals surface area contributed by atoms with Crippen molar-refractivity contribution in [3.8, 4) is 0 Å². The Balaban J connectivity index is 2.24. The molecule has 0 atom stereocenters. The average Bonchev–Trinajstić information content (AvgIpc) is 2.81. The molecule has 152 valence electrons. The minimum Gasteiger partial charge on any atom is -0.294 e. The van der Waals surface area contributed by atoms with Crippen LogP contribution < -0.4 is 0 Å². The predicted molar refractivity (Wildman–Crippen MR) is 125 cm³/mol. The zero-order chi connectivity index (χ0) is 21.8. The van der Waals surface area contributed by atoms with E-state index in [4.69, 9.17) is 0 Å². The van der Waals surface area contributed by atoms with E-state index in [1.165, 1.54) is 13.8 Å². The van der Waals surface area contributed by atoms with Crippen LogP contribution in [-0.2, 0) is 5.41 Å². The third-order valence-electron chi connectivity index (χ3n) is 5.82. The summed E-state index contributed by atoms with van der Waals surface area (Å²) in [4.78, 5) is 25.5. The van der Waals surface area contributed by atoms with Crippen LogP contribution in [0.25, 0.3) is 0 Å². The van der Waals surface area contributed by atoms with E-state index in [0.29, 0.717) is 11.1 Å². The van der Waals surface area contributed by atoms with E-state index in [1.54, 1.807) is 6.07 Å². The summed E-state index contributed by atoms with van der Waals surface area (Å²) in [6.07, 6.45) is 0. The molecule has 0 radical (unpaired) electrons. The van der Waals surface area contributed by atoms with E-state index in [9.17, 15) is 9.59 Å². The van der Waals surface area contributed by atoms with E-state index in [2.05, 4.69) is 36.4 Å². The van der Waals surface area contributed by atoms with E-state index < -0.39 is 5.41 Å². The number of hydrogen-bond acceptors (Lipinski definition) is 2. The molecular weight excluding hydrogens is 380 g/mol. The fourth-order valence-electron chi connectivity index (χ4n) is 4.57. The van der Waals surface area contributed by atoms with Crippen LogP contribution in [0.3, 0.4) is 0 Å². The first-order chi connectivity index (χ1) is 15.1. The van der Waals surface area contributed by atoms with E-state index >= 15 is 0 Å². The van der Waals surface area contributed by atoms with E-state index in [-0.39, 0.29) is 11.6 Å². The van der Waals surface area contributed by atoms with Gasteiger partial charge in [-0.25, -0.2) is 0 Å². The van der Waals surface area contributed by atoms with Gasteiger partial charge in [-0.3, -0.25) is 9.59 Å². The van der Waals surface area contributed by atoms with Crippen LogP contribution in [-0.4, -0.2) is 11.6 Å². The minimum atomic E-state index is -0.754. The third kappa shape index (κ3) is 3.51. The lowest BCUT2D eigenvalue weighted by atomic mass is 9.63. The summed E-state index contributed by atoms with van der Waals surface area (Å²) in [5.74, 6) is -0.233. The van der Waals surface area contributed by atoms with E-state index in [1.807, 2.05) is 66.7 Å². The van der Waals surface area contributed by atoms with Crippen molar-refractivity contribution in [2.45, 2.75) is 19.3 Å². The molecule has 0 saturated heterocycles. The lowest BCUT2D eigenvalue weighted by Gasteiger charge is -2.38. The Hall–Kier alpha value is -3.78. The first kappa shape index (κ1) is 20.5. The quantitative estimate of drug-likeness (QED) is 0.272. The van der Waals surface area contributed by atoms with Gasteiger partial charge < -0.3 is 0 Å². The first-order valence-corrected chi connectivity index (χ1v) is 10.4. The molecule has 2 nitrogen and oxygen atoms in total. The number of Topliss-reactive ketones (excluding diaryl/α,β-unsaturated/α-hetero) is 2. The van der Waals surface area contributed by atoms with Gasteiger partial charge >= 0.3 is 0 Å². The Labute approximate surface area is 183 Å². The zero-order valence-corrected chi connectivity index (χ0v) is 17.7. The van der Waals surface area contributed by atoms with Gasteiger partial charge in [0.15, 0.2) is 11.6 Å². The van der Waals surface area contributed by atoms with Gasteiger partial charge in [-0.2, -0.15) is 0 Å². The van der Waals surface area contributed by atoms with Crippen LogP contribution in [0.15, 0.2) is 109 Å². The molecule has 0 aliphatic rings. The number of carbonyl (C=O) groups excluding carboxylic acids is 2. The van der Waals surface area contributed by atoms with Crippen molar-refractivity contribution in [3.05, 3.63) is 143 Å². The van der Waals surface area contributed by atoms with Gasteiger partial charge in [0.05, 0.1) is 5.41 Å². The van der Waals surface area contributed by atoms with Crippen molar-refractivity contribution in [3.63, 3.8) is 0 Å². The summed E-state index contributed by atoms with van der Waals surface area (Å²) in [7, 11) is 0. The highest BCUT2D eigenvalue weighted by atomic mass is 16.1. The Morgan fingerprint density at radius 1 is 0.516 bits per heavy atom. The Morgan fingerprint density at radius 3 is 1.29 bits per heavy atom. The molecule has 0 aliphatic heterocycles. The second kappa shape index (κ2) is 8.53. The van der Waals surface area contributed by atoms with Crippen LogP contribution in [0, 0.1) is 0 Å². The summed E-state index contributed by atoms with van der Waals surface area (Å²) in [6.45, 7) is 3.05. The van der Waals surface area contributed by atoms with Crippen molar-refractivity contribution in [2.75, 3.05) is 0 Å². The second-order valence-electron chi connectivity index (χ2n) is 7.69. The molecule has 0 heterocycles. The molecule has 0 aromatic heterocycles. The van der Waals surface area contributed by atoms with Crippen LogP contribution in [0.4, 0.5) is 0 Å². The maximum atomic E-state index is 13.0. The molecular formula is C29H24O2. The average molecular weight is 405 g/mol. The monoisotopic (exact) mass is 404 g/mol. The lowest BCUT2D eigenvalue weighted by Crippen LogP contribution is -2.33. The predicted octanol–water partition coefficient (Wildman–Crippen LogP) is 6.47. The summed E-state index contributed by atoms with van der Waals surface area (Å²) in [6, 6.07) is 36.2. The SMILES string of the molecule is CC(=O)c1cccc(C(c2ccccc2)(c2ccccc2)c2ccccc2)c1C(C)=O. The van der Waals surface area contributed by atoms with Gasteiger partial charge in [-0.1, -0.05) is 109 Å². The zero-order valence-electron chi connectivity index (χ0n) is 17.7. The van der Waals surface area contributed by atoms with Crippen molar-refractivity contribution in [1.29, 1.82) is 0 Å². The highest BCUT2D eigenvalue weighted by molar-refractivity contribution is 6.08. The van der Waals surface area contributed by atoms with Crippen LogP contribution in [0.1, 0.15) is 56.8 Å². The number of benzene rings is 4. The van der Waals surface area contributed by atoms with Crippen LogP contribution in [0.5, 0.6) is 0 Å². The van der Waals surface area contributed by atoms with Gasteiger partial charge in [-0.05, 0) is 36.1 Å². The molecule has 0 fully saturated rings. The van der Waals surface area contributed by atoms with Crippen LogP contribution in [0.2, 0.25) is 0 Å². The largest absolute Gasteiger partial charge is 0.294 e. The summed E-state index contributed by atoms with van der Waals surface area (Å²) in [5, 5.41) is 0. The summed E-state index contributed by atoms with van der Waals surface area (Å²) in [5.41, 5.74) is 4.11. The smallest absolute Gasteiger partial charge is 0.160 e. The Kier molecular flexibility index (Phi) is 5.64. The van der Waals surface area contributed by atoms with Gasteiger partial charge in [0.2, 0.25) is 0 Å². The molecule has 0 unspecified atom stereocenters. The molecule has 4 aromatic rings. The molecule has 2 heteroatoms. The molecule has 0 amide bonds. The maximum Gasteiger partial charge on any atom is 0.160 e. The first-order valence-electron chi connectivity index (χ1n) is 10.4. The number of carbonyl (C=O) groups is 2. The van der Waals surface area contributed by atoms with Crippen molar-refractivity contribution >= 4 is 11.6 Å². The minimum absolute atomic E-state index is 0.116. The number of ketones is 2. The Bertz CT molecular complexity index is 1110. The van der Waals surface area contributed by atoms with Crippen molar-refractivity contribution < 1.29 is 9.59 Å². The fraction of sp³-hybridized carbons (Fsp3) is 0.103. The van der Waals surface area contributed by atoms with Crippen molar-refractivity contribution in [2.24, 2.45) is 0 Å². The van der Waals surface area contributed by atoms with Gasteiger partial charge in [0.25, 0.3) is 0 Å². The molecule has 0 N–H and O–H groups in total. The number of rotatable bonds is 6. The molecule has 0 bridgehead atoms. The standard InChI is InChI=1S/C29H24O2/c1-21(30)26-19-12-20-27(28(26)22(2)31)29(23-13-6-3-7-14-23,24-15-8-4-9-16-24)25-17-10-5-11-18-25/h3-20H,1-2H3. The third-order valence-corrected chi connectivity index (χ3v) is 5.82. The van der Waals surface area contributed by atoms with E-state index in [0.717, 1.165) is 22.3 Å². The summed E-state index contributed by atoms with van der Waals surface area (Å²) >= 11 is 0. The van der Waals surface area contributed by atoms with Gasteiger partial charge in [-0.15, -0.1) is 0 Å². The molecule has 4 rings (SSSR count). The lowest BCUT2D eigenvalue weighted by molar-refractivity contribution is 0.0979. The highest BCUT2D eigenvalue weighted by Gasteiger charge is 2.41. The molecule has 4 aromatic carbocycles. The Morgan fingerprint density at radius 2 is 0.935 bits per heavy atom. The number of hydrogen-bond donors (Lipinski definition) is 0. The van der Waals surface area contributed by atoms with Crippen molar-refractivity contribution in [1.82, 2.24) is 0 Å². The normalized spacial score (nSPS) is 11.2. The van der Waals surface area contributed by atoms with Crippen LogP contribution >= 0.6 is 0 Å². The molecule has 0 aliphatic carbocycles. The topological polar surface area (TPSA) is 34.1 Å². The fourth-order valence-corrected chi connectivity index (χ4v) is 4.57. The molecule has 0 saturated carbocycles. The summed E-state index contributed by atoms with van der Waals surface area (Å²) < 4.78 is 0. The molecule has 0 spiro atoms. The highest BCUT2D eigenvalue weighted by Crippen LogP contribution is 2.46. The van der Waals surface area contributed by atoms with Gasteiger partial charge in [0.1, 0.15) is 0 Å². The maximum absolute atomic E-state index is 13.0. The second-order valence-corrected chi connectivity index (χ2v) is 7.69.